The molecule has 7 nitrogen and oxygen atoms in total. The van der Waals surface area contributed by atoms with Crippen LogP contribution in [0.5, 0.6) is 0 Å². The van der Waals surface area contributed by atoms with Crippen molar-refractivity contribution in [2.24, 2.45) is 5.92 Å². The van der Waals surface area contributed by atoms with E-state index < -0.39 is 11.9 Å². The van der Waals surface area contributed by atoms with Crippen LogP contribution in [0.25, 0.3) is 0 Å². The Labute approximate surface area is 116 Å². The molecule has 1 unspecified atom stereocenters. The first kappa shape index (κ1) is 14.1. The van der Waals surface area contributed by atoms with Crippen LogP contribution in [0.2, 0.25) is 0 Å². The maximum absolute atomic E-state index is 11.5. The van der Waals surface area contributed by atoms with Gasteiger partial charge in [0.25, 0.3) is 0 Å². The highest BCUT2D eigenvalue weighted by Gasteiger charge is 2.31. The minimum atomic E-state index is -0.829. The molecule has 106 valence electrons. The summed E-state index contributed by atoms with van der Waals surface area (Å²) in [5, 5.41) is 23.1. The number of tetrazole rings is 1. The molecule has 2 rings (SSSR count). The molecule has 0 saturated carbocycles. The Hall–Kier alpha value is -2.31. The molecule has 2 N–H and O–H groups in total. The van der Waals surface area contributed by atoms with Crippen molar-refractivity contribution in [3.05, 3.63) is 35.9 Å². The third-order valence-electron chi connectivity index (χ3n) is 3.27. The third kappa shape index (κ3) is 3.37. The summed E-state index contributed by atoms with van der Waals surface area (Å²) in [7, 11) is 0. The molecule has 7 heteroatoms. The van der Waals surface area contributed by atoms with E-state index in [2.05, 4.69) is 25.6 Å². The van der Waals surface area contributed by atoms with E-state index in [9.17, 15) is 9.90 Å². The van der Waals surface area contributed by atoms with Gasteiger partial charge >= 0.3 is 5.97 Å². The number of nitrogens with one attached hydrogen (secondary N) is 1. The van der Waals surface area contributed by atoms with Crippen LogP contribution >= 0.6 is 0 Å². The topological polar surface area (TPSA) is 105 Å². The van der Waals surface area contributed by atoms with Gasteiger partial charge in [0.1, 0.15) is 0 Å². The van der Waals surface area contributed by atoms with E-state index in [0.717, 1.165) is 12.1 Å². The lowest BCUT2D eigenvalue weighted by Crippen LogP contribution is -2.25. The van der Waals surface area contributed by atoms with Crippen LogP contribution in [0.15, 0.2) is 24.4 Å². The zero-order chi connectivity index (χ0) is 14.4. The first-order valence-electron chi connectivity index (χ1n) is 6.58. The second-order valence-electron chi connectivity index (χ2n) is 4.65. The van der Waals surface area contributed by atoms with Gasteiger partial charge in [0.05, 0.1) is 5.92 Å². The van der Waals surface area contributed by atoms with Crippen molar-refractivity contribution < 1.29 is 9.90 Å². The van der Waals surface area contributed by atoms with Crippen LogP contribution in [0, 0.1) is 5.92 Å². The summed E-state index contributed by atoms with van der Waals surface area (Å²) in [6.45, 7) is 1.96. The summed E-state index contributed by atoms with van der Waals surface area (Å²) in [6.07, 6.45) is 3.56. The number of H-pyrrole nitrogens is 1. The number of hydrogen-bond donors (Lipinski definition) is 2. The minimum absolute atomic E-state index is 0.308. The number of aromatic nitrogens is 5. The fourth-order valence-corrected chi connectivity index (χ4v) is 2.31. The molecule has 2 aromatic heterocycles. The van der Waals surface area contributed by atoms with Gasteiger partial charge in [-0.15, -0.1) is 5.10 Å². The number of carboxylic acids is 1. The number of aromatic amines is 1. The fourth-order valence-electron chi connectivity index (χ4n) is 2.31. The maximum Gasteiger partial charge on any atom is 0.307 e. The Morgan fingerprint density at radius 3 is 2.85 bits per heavy atom. The molecule has 0 saturated heterocycles. The van der Waals surface area contributed by atoms with Gasteiger partial charge in [-0.3, -0.25) is 9.78 Å². The molecule has 0 aliphatic heterocycles. The van der Waals surface area contributed by atoms with E-state index in [4.69, 9.17) is 0 Å². The predicted molar refractivity (Wildman–Crippen MR) is 70.9 cm³/mol. The van der Waals surface area contributed by atoms with Crippen molar-refractivity contribution in [3.8, 4) is 0 Å². The van der Waals surface area contributed by atoms with Crippen LogP contribution in [-0.4, -0.2) is 36.7 Å². The van der Waals surface area contributed by atoms with Gasteiger partial charge in [-0.2, -0.15) is 0 Å². The van der Waals surface area contributed by atoms with E-state index in [-0.39, 0.29) is 5.92 Å². The zero-order valence-electron chi connectivity index (χ0n) is 11.2. The summed E-state index contributed by atoms with van der Waals surface area (Å²) < 4.78 is 0. The van der Waals surface area contributed by atoms with Crippen molar-refractivity contribution >= 4 is 5.97 Å². The second-order valence-corrected chi connectivity index (χ2v) is 4.65. The van der Waals surface area contributed by atoms with E-state index in [1.807, 2.05) is 25.1 Å². The molecule has 0 amide bonds. The third-order valence-corrected chi connectivity index (χ3v) is 3.27. The number of rotatable bonds is 7. The highest BCUT2D eigenvalue weighted by atomic mass is 16.4. The van der Waals surface area contributed by atoms with Crippen molar-refractivity contribution in [2.75, 3.05) is 0 Å². The number of aliphatic carboxylic acids is 1. The Morgan fingerprint density at radius 1 is 1.45 bits per heavy atom. The van der Waals surface area contributed by atoms with Gasteiger partial charge in [-0.25, -0.2) is 5.10 Å². The SMILES string of the molecule is CCCC(C(=O)O)[C@H](Cc1ccccn1)c1nnn[nH]1. The molecule has 0 aromatic carbocycles. The predicted octanol–water partition coefficient (Wildman–Crippen LogP) is 1.42. The Bertz CT molecular complexity index is 529. The van der Waals surface area contributed by atoms with E-state index >= 15 is 0 Å². The number of carboxylic acid groups (broad SMARTS) is 1. The molecule has 0 bridgehead atoms. The van der Waals surface area contributed by atoms with Gasteiger partial charge < -0.3 is 5.11 Å². The monoisotopic (exact) mass is 275 g/mol. The molecule has 0 spiro atoms. The van der Waals surface area contributed by atoms with Crippen LogP contribution in [0.1, 0.15) is 37.2 Å². The molecular weight excluding hydrogens is 258 g/mol. The molecule has 0 aliphatic carbocycles. The second kappa shape index (κ2) is 6.74. The highest BCUT2D eigenvalue weighted by molar-refractivity contribution is 5.71. The highest BCUT2D eigenvalue weighted by Crippen LogP contribution is 2.29. The molecular formula is C13H17N5O2. The van der Waals surface area contributed by atoms with E-state index in [1.165, 1.54) is 0 Å². The van der Waals surface area contributed by atoms with Crippen LogP contribution in [-0.2, 0) is 11.2 Å². The quantitative estimate of drug-likeness (QED) is 0.791. The number of nitrogens with zero attached hydrogens (tertiary/aromatic N) is 4. The molecule has 2 heterocycles. The standard InChI is InChI=1S/C13H17N5O2/c1-2-5-10(13(19)20)11(12-15-17-18-16-12)8-9-6-3-4-7-14-9/h3-4,6-7,10-11H,2,5,8H2,1H3,(H,19,20)(H,15,16,17,18)/t10?,11-/m0/s1. The summed E-state index contributed by atoms with van der Waals surface area (Å²) >= 11 is 0. The fraction of sp³-hybridized carbons (Fsp3) is 0.462. The lowest BCUT2D eigenvalue weighted by molar-refractivity contribution is -0.143. The number of hydrogen-bond acceptors (Lipinski definition) is 5. The summed E-state index contributed by atoms with van der Waals surface area (Å²) in [5.41, 5.74) is 0.830. The van der Waals surface area contributed by atoms with Gasteiger partial charge in [0, 0.05) is 24.2 Å². The number of pyridine rings is 1. The summed E-state index contributed by atoms with van der Waals surface area (Å²) in [5.74, 6) is -1.17. The molecule has 0 aliphatic rings. The molecule has 0 fully saturated rings. The van der Waals surface area contributed by atoms with Crippen molar-refractivity contribution in [1.29, 1.82) is 0 Å². The number of carbonyl (C=O) groups is 1. The van der Waals surface area contributed by atoms with Gasteiger partial charge in [-0.1, -0.05) is 19.4 Å². The van der Waals surface area contributed by atoms with Crippen molar-refractivity contribution in [3.63, 3.8) is 0 Å². The molecule has 2 aromatic rings. The normalized spacial score (nSPS) is 13.8. The average molecular weight is 275 g/mol. The first-order chi connectivity index (χ1) is 9.72. The molecule has 0 radical (unpaired) electrons. The Morgan fingerprint density at radius 2 is 2.30 bits per heavy atom. The van der Waals surface area contributed by atoms with Crippen LogP contribution in [0.4, 0.5) is 0 Å². The smallest absolute Gasteiger partial charge is 0.307 e. The van der Waals surface area contributed by atoms with E-state index in [1.54, 1.807) is 6.20 Å². The van der Waals surface area contributed by atoms with Gasteiger partial charge in [0.2, 0.25) is 0 Å². The lowest BCUT2D eigenvalue weighted by atomic mass is 9.84. The zero-order valence-corrected chi connectivity index (χ0v) is 11.2. The van der Waals surface area contributed by atoms with Gasteiger partial charge in [0.15, 0.2) is 5.82 Å². The van der Waals surface area contributed by atoms with Crippen molar-refractivity contribution in [2.45, 2.75) is 32.1 Å². The van der Waals surface area contributed by atoms with Crippen molar-refractivity contribution in [1.82, 2.24) is 25.6 Å². The summed E-state index contributed by atoms with van der Waals surface area (Å²) in [4.78, 5) is 15.8. The Balaban J connectivity index is 2.27. The largest absolute Gasteiger partial charge is 0.481 e. The van der Waals surface area contributed by atoms with Gasteiger partial charge in [-0.05, 0) is 29.0 Å². The van der Waals surface area contributed by atoms with E-state index in [0.29, 0.717) is 18.7 Å². The Kier molecular flexibility index (Phi) is 4.75. The summed E-state index contributed by atoms with van der Waals surface area (Å²) in [6, 6.07) is 5.59. The van der Waals surface area contributed by atoms with Crippen LogP contribution in [0.3, 0.4) is 0 Å². The molecule has 2 atom stereocenters. The maximum atomic E-state index is 11.5. The average Bonchev–Trinajstić information content (AvgIpc) is 2.97. The van der Waals surface area contributed by atoms with Crippen LogP contribution < -0.4 is 0 Å². The molecule has 20 heavy (non-hydrogen) atoms. The lowest BCUT2D eigenvalue weighted by Gasteiger charge is -2.20. The first-order valence-corrected chi connectivity index (χ1v) is 6.58. The minimum Gasteiger partial charge on any atom is -0.481 e.